The zero-order valence-corrected chi connectivity index (χ0v) is 12.8. The summed E-state index contributed by atoms with van der Waals surface area (Å²) in [4.78, 5) is 14.3. The van der Waals surface area contributed by atoms with E-state index in [-0.39, 0.29) is 6.04 Å². The smallest absolute Gasteiger partial charge is 0.350 e. The van der Waals surface area contributed by atoms with E-state index >= 15 is 0 Å². The lowest BCUT2D eigenvalue weighted by Gasteiger charge is -2.26. The third-order valence-corrected chi connectivity index (χ3v) is 3.97. The van der Waals surface area contributed by atoms with Gasteiger partial charge in [-0.3, -0.25) is 14.4 Å². The number of nitrogens with zero attached hydrogens (tertiary/aromatic N) is 3. The number of nitrogens with one attached hydrogen (secondary N) is 1. The van der Waals surface area contributed by atoms with Crippen LogP contribution in [-0.2, 0) is 13.2 Å². The van der Waals surface area contributed by atoms with Crippen molar-refractivity contribution in [2.75, 3.05) is 19.6 Å². The van der Waals surface area contributed by atoms with Crippen molar-refractivity contribution in [2.45, 2.75) is 38.4 Å². The maximum atomic E-state index is 12.9. The summed E-state index contributed by atoms with van der Waals surface area (Å²) in [6.07, 6.45) is -0.419. The van der Waals surface area contributed by atoms with Gasteiger partial charge in [0.25, 0.3) is 5.91 Å². The lowest BCUT2D eigenvalue weighted by Crippen LogP contribution is -2.42. The molecule has 22 heavy (non-hydrogen) atoms. The van der Waals surface area contributed by atoms with Crippen LogP contribution >= 0.6 is 0 Å². The summed E-state index contributed by atoms with van der Waals surface area (Å²) in [6, 6.07) is 0.164. The first-order chi connectivity index (χ1) is 10.3. The third kappa shape index (κ3) is 3.79. The van der Waals surface area contributed by atoms with E-state index in [1.165, 1.54) is 7.05 Å². The van der Waals surface area contributed by atoms with E-state index < -0.39 is 23.3 Å². The first-order valence-electron chi connectivity index (χ1n) is 7.46. The van der Waals surface area contributed by atoms with E-state index in [0.717, 1.165) is 43.2 Å². The van der Waals surface area contributed by atoms with E-state index in [9.17, 15) is 18.0 Å². The Kier molecular flexibility index (Phi) is 5.10. The van der Waals surface area contributed by atoms with Crippen molar-refractivity contribution in [2.24, 2.45) is 7.05 Å². The van der Waals surface area contributed by atoms with Gasteiger partial charge in [0.05, 0.1) is 5.56 Å². The number of rotatable bonds is 5. The molecule has 1 atom stereocenters. The van der Waals surface area contributed by atoms with Gasteiger partial charge >= 0.3 is 6.18 Å². The summed E-state index contributed by atoms with van der Waals surface area (Å²) in [5, 5.41) is 5.97. The average Bonchev–Trinajstić information content (AvgIpc) is 3.08. The highest BCUT2D eigenvalue weighted by Crippen LogP contribution is 2.30. The van der Waals surface area contributed by atoms with Gasteiger partial charge in [-0.25, -0.2) is 0 Å². The standard InChI is InChI=1S/C14H21F3N4O/c1-3-10(21-6-4-5-7-21)8-18-13(22)11-9-20(2)19-12(11)14(15,16)17/h9-10H,3-8H2,1-2H3,(H,18,22). The molecule has 1 aliphatic heterocycles. The third-order valence-electron chi connectivity index (χ3n) is 3.97. The van der Waals surface area contributed by atoms with Crippen LogP contribution in [0.3, 0.4) is 0 Å². The fourth-order valence-electron chi connectivity index (χ4n) is 2.81. The van der Waals surface area contributed by atoms with E-state index in [4.69, 9.17) is 0 Å². The second-order valence-corrected chi connectivity index (χ2v) is 5.58. The Morgan fingerprint density at radius 2 is 2.05 bits per heavy atom. The minimum atomic E-state index is -4.63. The normalized spacial score (nSPS) is 17.7. The molecule has 0 bridgehead atoms. The molecule has 0 aliphatic carbocycles. The average molecular weight is 318 g/mol. The minimum absolute atomic E-state index is 0.164. The van der Waals surface area contributed by atoms with Gasteiger partial charge in [-0.2, -0.15) is 18.3 Å². The number of hydrogen-bond acceptors (Lipinski definition) is 3. The van der Waals surface area contributed by atoms with Gasteiger partial charge in [-0.1, -0.05) is 6.92 Å². The first-order valence-corrected chi connectivity index (χ1v) is 7.46. The lowest BCUT2D eigenvalue weighted by atomic mass is 10.1. The maximum Gasteiger partial charge on any atom is 0.435 e. The van der Waals surface area contributed by atoms with Gasteiger partial charge in [-0.05, 0) is 32.4 Å². The number of alkyl halides is 3. The van der Waals surface area contributed by atoms with Gasteiger partial charge < -0.3 is 5.32 Å². The van der Waals surface area contributed by atoms with Crippen molar-refractivity contribution in [1.29, 1.82) is 0 Å². The molecule has 124 valence electrons. The van der Waals surface area contributed by atoms with Crippen LogP contribution in [0.5, 0.6) is 0 Å². The molecule has 1 aromatic rings. The maximum absolute atomic E-state index is 12.9. The summed E-state index contributed by atoms with van der Waals surface area (Å²) in [7, 11) is 1.37. The van der Waals surface area contributed by atoms with Crippen LogP contribution in [-0.4, -0.2) is 46.3 Å². The molecule has 1 unspecified atom stereocenters. The second-order valence-electron chi connectivity index (χ2n) is 5.58. The number of amides is 1. The quantitative estimate of drug-likeness (QED) is 0.904. The molecule has 5 nitrogen and oxygen atoms in total. The Morgan fingerprint density at radius 1 is 1.41 bits per heavy atom. The van der Waals surface area contributed by atoms with Gasteiger partial charge in [0.15, 0.2) is 5.69 Å². The summed E-state index contributed by atoms with van der Waals surface area (Å²) < 4.78 is 39.6. The first kappa shape index (κ1) is 16.8. The molecule has 0 spiro atoms. The molecule has 2 rings (SSSR count). The van der Waals surface area contributed by atoms with Crippen molar-refractivity contribution in [3.05, 3.63) is 17.5 Å². The number of likely N-dealkylation sites (tertiary alicyclic amines) is 1. The summed E-state index contributed by atoms with van der Waals surface area (Å²) >= 11 is 0. The van der Waals surface area contributed by atoms with Crippen LogP contribution in [0.15, 0.2) is 6.20 Å². The summed E-state index contributed by atoms with van der Waals surface area (Å²) in [5.41, 5.74) is -1.56. The number of aromatic nitrogens is 2. The predicted molar refractivity (Wildman–Crippen MR) is 75.4 cm³/mol. The molecule has 0 saturated carbocycles. The van der Waals surface area contributed by atoms with Gasteiger partial charge in [-0.15, -0.1) is 0 Å². The van der Waals surface area contributed by atoms with Crippen molar-refractivity contribution >= 4 is 5.91 Å². The molecule has 1 saturated heterocycles. The fraction of sp³-hybridized carbons (Fsp3) is 0.714. The SMILES string of the molecule is CCC(CNC(=O)c1cn(C)nc1C(F)(F)F)N1CCCC1. The highest BCUT2D eigenvalue weighted by atomic mass is 19.4. The molecule has 1 fully saturated rings. The van der Waals surface area contributed by atoms with Crippen LogP contribution in [0, 0.1) is 0 Å². The van der Waals surface area contributed by atoms with Crippen LogP contribution in [0.25, 0.3) is 0 Å². The van der Waals surface area contributed by atoms with Gasteiger partial charge in [0.2, 0.25) is 0 Å². The van der Waals surface area contributed by atoms with E-state index in [1.807, 2.05) is 6.92 Å². The molecule has 1 aromatic heterocycles. The Balaban J connectivity index is 2.03. The second kappa shape index (κ2) is 6.68. The summed E-state index contributed by atoms with van der Waals surface area (Å²) in [5.74, 6) is -0.724. The topological polar surface area (TPSA) is 50.2 Å². The molecule has 1 N–H and O–H groups in total. The molecule has 0 aromatic carbocycles. The zero-order valence-electron chi connectivity index (χ0n) is 12.8. The van der Waals surface area contributed by atoms with Crippen molar-refractivity contribution in [3.8, 4) is 0 Å². The van der Waals surface area contributed by atoms with E-state index in [2.05, 4.69) is 15.3 Å². The summed E-state index contributed by atoms with van der Waals surface area (Å²) in [6.45, 7) is 4.33. The van der Waals surface area contributed by atoms with Crippen molar-refractivity contribution in [3.63, 3.8) is 0 Å². The molecule has 8 heteroatoms. The highest BCUT2D eigenvalue weighted by Gasteiger charge is 2.39. The Labute approximate surface area is 127 Å². The largest absolute Gasteiger partial charge is 0.435 e. The Bertz CT molecular complexity index is 521. The molecule has 1 aliphatic rings. The zero-order chi connectivity index (χ0) is 16.3. The number of aryl methyl sites for hydroxylation is 1. The Morgan fingerprint density at radius 3 is 2.59 bits per heavy atom. The van der Waals surface area contributed by atoms with Gasteiger partial charge in [0, 0.05) is 25.8 Å². The van der Waals surface area contributed by atoms with Crippen LogP contribution in [0.4, 0.5) is 13.2 Å². The molecule has 2 heterocycles. The van der Waals surface area contributed by atoms with Gasteiger partial charge in [0.1, 0.15) is 0 Å². The Hall–Kier alpha value is -1.57. The lowest BCUT2D eigenvalue weighted by molar-refractivity contribution is -0.141. The fourth-order valence-corrected chi connectivity index (χ4v) is 2.81. The van der Waals surface area contributed by atoms with Crippen LogP contribution < -0.4 is 5.32 Å². The van der Waals surface area contributed by atoms with Crippen LogP contribution in [0.2, 0.25) is 0 Å². The number of halogens is 3. The number of hydrogen-bond donors (Lipinski definition) is 1. The number of carbonyl (C=O) groups is 1. The molecular weight excluding hydrogens is 297 g/mol. The number of carbonyl (C=O) groups excluding carboxylic acids is 1. The van der Waals surface area contributed by atoms with E-state index in [0.29, 0.717) is 6.54 Å². The van der Waals surface area contributed by atoms with Crippen LogP contribution in [0.1, 0.15) is 42.2 Å². The van der Waals surface area contributed by atoms with E-state index in [1.54, 1.807) is 0 Å². The van der Waals surface area contributed by atoms with Crippen molar-refractivity contribution in [1.82, 2.24) is 20.0 Å². The molecular formula is C14H21F3N4O. The van der Waals surface area contributed by atoms with Crippen molar-refractivity contribution < 1.29 is 18.0 Å². The molecule has 0 radical (unpaired) electrons. The highest BCUT2D eigenvalue weighted by molar-refractivity contribution is 5.95. The monoisotopic (exact) mass is 318 g/mol. The minimum Gasteiger partial charge on any atom is -0.350 e. The predicted octanol–water partition coefficient (Wildman–Crippen LogP) is 2.04. The molecule has 1 amide bonds.